The second kappa shape index (κ2) is 18.8. The minimum Gasteiger partial charge on any atom is -0.466 e. The highest BCUT2D eigenvalue weighted by molar-refractivity contribution is 7.57. The van der Waals surface area contributed by atoms with E-state index in [2.05, 4.69) is 24.3 Å². The highest BCUT2D eigenvalue weighted by atomic mass is 31.2. The summed E-state index contributed by atoms with van der Waals surface area (Å²) < 4.78 is 33.7. The summed E-state index contributed by atoms with van der Waals surface area (Å²) in [5.74, 6) is 0.250. The van der Waals surface area contributed by atoms with Crippen molar-refractivity contribution in [2.24, 2.45) is 0 Å². The fourth-order valence-corrected chi connectivity index (χ4v) is 4.56. The van der Waals surface area contributed by atoms with Gasteiger partial charge in [-0.25, -0.2) is 4.79 Å². The Balaban J connectivity index is 1.79. The van der Waals surface area contributed by atoms with Gasteiger partial charge in [0.05, 0.1) is 18.2 Å². The first-order valence-corrected chi connectivity index (χ1v) is 17.6. The molecule has 1 N–H and O–H groups in total. The maximum absolute atomic E-state index is 12.9. The number of aldehydes is 1. The normalized spacial score (nSPS) is 12.5. The Morgan fingerprint density at radius 1 is 0.977 bits per heavy atom. The number of nitrogens with zero attached hydrogens (tertiary/aromatic N) is 1. The summed E-state index contributed by atoms with van der Waals surface area (Å²) in [5.41, 5.74) is 1.36. The monoisotopic (exact) mass is 619 g/mol. The third-order valence-corrected chi connectivity index (χ3v) is 7.21. The van der Waals surface area contributed by atoms with E-state index in [1.807, 2.05) is 6.07 Å². The summed E-state index contributed by atoms with van der Waals surface area (Å²) in [7, 11) is -2.73. The van der Waals surface area contributed by atoms with Crippen LogP contribution in [0.3, 0.4) is 0 Å². The first kappa shape index (κ1) is 36.5. The Morgan fingerprint density at radius 2 is 1.65 bits per heavy atom. The van der Waals surface area contributed by atoms with Crippen LogP contribution in [-0.4, -0.2) is 74.4 Å². The number of aryl methyl sites for hydroxylation is 1. The first-order valence-electron chi connectivity index (χ1n) is 15.1. The van der Waals surface area contributed by atoms with Crippen LogP contribution in [0.25, 0.3) is 0 Å². The number of amides is 1. The minimum atomic E-state index is -2.73. The van der Waals surface area contributed by atoms with E-state index in [1.165, 1.54) is 29.9 Å². The molecule has 9 nitrogen and oxygen atoms in total. The van der Waals surface area contributed by atoms with Gasteiger partial charge in [-0.1, -0.05) is 49.2 Å². The smallest absolute Gasteiger partial charge is 0.410 e. The maximum Gasteiger partial charge on any atom is 0.410 e. The molecule has 10 heteroatoms. The fourth-order valence-electron chi connectivity index (χ4n) is 4.25. The van der Waals surface area contributed by atoms with E-state index in [4.69, 9.17) is 18.7 Å². The van der Waals surface area contributed by atoms with Crippen molar-refractivity contribution in [2.75, 3.05) is 46.4 Å². The lowest BCUT2D eigenvalue weighted by molar-refractivity contribution is 0.0139. The van der Waals surface area contributed by atoms with Crippen molar-refractivity contribution < 1.29 is 38.0 Å². The largest absolute Gasteiger partial charge is 0.466 e. The molecule has 0 saturated heterocycles. The summed E-state index contributed by atoms with van der Waals surface area (Å²) in [5, 5.41) is 11.0. The zero-order chi connectivity index (χ0) is 31.7. The summed E-state index contributed by atoms with van der Waals surface area (Å²) in [6.45, 7) is 10.0. The van der Waals surface area contributed by atoms with Crippen LogP contribution in [0.2, 0.25) is 0 Å². The van der Waals surface area contributed by atoms with Gasteiger partial charge in [0.2, 0.25) is 0 Å². The second-order valence-corrected chi connectivity index (χ2v) is 14.7. The first-order chi connectivity index (χ1) is 20.4. The van der Waals surface area contributed by atoms with Gasteiger partial charge in [0.25, 0.3) is 0 Å². The van der Waals surface area contributed by atoms with E-state index >= 15 is 0 Å². The number of ether oxygens (including phenoxy) is 3. The molecule has 0 heterocycles. The van der Waals surface area contributed by atoms with Crippen LogP contribution in [-0.2, 0) is 25.0 Å². The summed E-state index contributed by atoms with van der Waals surface area (Å²) >= 11 is 0. The molecular weight excluding hydrogens is 569 g/mol. The number of benzene rings is 2. The molecule has 43 heavy (non-hydrogen) atoms. The number of carbonyl (C=O) groups is 2. The molecule has 1 unspecified atom stereocenters. The minimum absolute atomic E-state index is 0.0114. The molecule has 240 valence electrons. The van der Waals surface area contributed by atoms with Crippen LogP contribution < -0.4 is 4.74 Å². The van der Waals surface area contributed by atoms with Crippen LogP contribution in [0, 0.1) is 0 Å². The molecule has 0 bridgehead atoms. The van der Waals surface area contributed by atoms with Gasteiger partial charge >= 0.3 is 6.09 Å². The maximum atomic E-state index is 12.9. The van der Waals surface area contributed by atoms with Crippen LogP contribution in [0.15, 0.2) is 48.5 Å². The van der Waals surface area contributed by atoms with Crippen LogP contribution in [0.5, 0.6) is 5.75 Å². The average Bonchev–Trinajstić information content (AvgIpc) is 2.94. The van der Waals surface area contributed by atoms with Gasteiger partial charge in [-0.15, -0.1) is 0 Å². The second-order valence-electron chi connectivity index (χ2n) is 12.0. The van der Waals surface area contributed by atoms with Gasteiger partial charge in [-0.05, 0) is 76.1 Å². The molecule has 2 aromatic rings. The number of hydrogen-bond donors (Lipinski definition) is 1. The standard InChI is InChI=1S/C33H50NO8P/c1-33(2,3)42-32(37)34(20-12-6-7-13-21-39-22-14-11-17-27-15-9-8-10-16-27)24-30(36)28-18-19-31(29(23-28)25-35)40-26-41-43(4,5)38/h8-10,15-16,18-19,23,25,30,36H,6-7,11-14,17,20-22,24,26H2,1-5H3. The number of aliphatic hydroxyl groups excluding tert-OH is 1. The molecule has 2 aromatic carbocycles. The molecule has 1 amide bonds. The van der Waals surface area contributed by atoms with Crippen molar-refractivity contribution in [3.05, 3.63) is 65.2 Å². The van der Waals surface area contributed by atoms with Gasteiger partial charge in [-0.2, -0.15) is 0 Å². The highest BCUT2D eigenvalue weighted by Crippen LogP contribution is 2.37. The van der Waals surface area contributed by atoms with Crippen molar-refractivity contribution in [1.82, 2.24) is 4.90 Å². The number of unbranched alkanes of at least 4 members (excludes halogenated alkanes) is 4. The van der Waals surface area contributed by atoms with Gasteiger partial charge in [0.15, 0.2) is 20.4 Å². The Hall–Kier alpha value is -2.71. The molecule has 0 aromatic heterocycles. The predicted octanol–water partition coefficient (Wildman–Crippen LogP) is 7.26. The van der Waals surface area contributed by atoms with E-state index in [-0.39, 0.29) is 24.7 Å². The van der Waals surface area contributed by atoms with Crippen LogP contribution in [0.4, 0.5) is 4.79 Å². The molecule has 0 spiro atoms. The van der Waals surface area contributed by atoms with Gasteiger partial charge in [0.1, 0.15) is 11.4 Å². The quantitative estimate of drug-likeness (QED) is 0.0714. The summed E-state index contributed by atoms with van der Waals surface area (Å²) in [4.78, 5) is 26.1. The molecule has 0 aliphatic carbocycles. The average molecular weight is 620 g/mol. The fraction of sp³-hybridized carbons (Fsp3) is 0.576. The zero-order valence-electron chi connectivity index (χ0n) is 26.5. The lowest BCUT2D eigenvalue weighted by Gasteiger charge is -2.29. The third kappa shape index (κ3) is 16.1. The zero-order valence-corrected chi connectivity index (χ0v) is 27.4. The number of hydrogen-bond acceptors (Lipinski definition) is 8. The SMILES string of the molecule is CC(C)(C)OC(=O)N(CCCCCCOCCCCc1ccccc1)CC(O)c1ccc(OCOP(C)(C)=O)c(C=O)c1. The van der Waals surface area contributed by atoms with Crippen molar-refractivity contribution >= 4 is 19.7 Å². The molecule has 0 saturated carbocycles. The number of carbonyl (C=O) groups excluding carboxylic acids is 2. The topological polar surface area (TPSA) is 112 Å². The predicted molar refractivity (Wildman–Crippen MR) is 169 cm³/mol. The van der Waals surface area contributed by atoms with Crippen molar-refractivity contribution in [2.45, 2.75) is 77.4 Å². The van der Waals surface area contributed by atoms with Gasteiger partial charge < -0.3 is 24.2 Å². The Morgan fingerprint density at radius 3 is 2.30 bits per heavy atom. The van der Waals surface area contributed by atoms with Crippen molar-refractivity contribution in [3.63, 3.8) is 0 Å². The summed E-state index contributed by atoms with van der Waals surface area (Å²) in [6, 6.07) is 15.2. The molecular formula is C33H50NO8P. The molecule has 0 fully saturated rings. The third-order valence-electron chi connectivity index (χ3n) is 6.48. The molecule has 0 aliphatic rings. The number of rotatable bonds is 20. The van der Waals surface area contributed by atoms with E-state index in [9.17, 15) is 19.3 Å². The Bertz CT molecular complexity index is 1150. The van der Waals surface area contributed by atoms with Crippen molar-refractivity contribution in [1.29, 1.82) is 0 Å². The molecule has 2 rings (SSSR count). The lowest BCUT2D eigenvalue weighted by atomic mass is 10.0. The van der Waals surface area contributed by atoms with Gasteiger partial charge in [0, 0.05) is 33.1 Å². The number of aliphatic hydroxyl groups is 1. The summed E-state index contributed by atoms with van der Waals surface area (Å²) in [6.07, 6.45) is 5.91. The van der Waals surface area contributed by atoms with Crippen molar-refractivity contribution in [3.8, 4) is 5.75 Å². The van der Waals surface area contributed by atoms with Crippen LogP contribution in [0.1, 0.15) is 86.9 Å². The van der Waals surface area contributed by atoms with E-state index < -0.39 is 25.2 Å². The highest BCUT2D eigenvalue weighted by Gasteiger charge is 2.25. The Labute approximate surface area is 257 Å². The Kier molecular flexibility index (Phi) is 16.0. The lowest BCUT2D eigenvalue weighted by Crippen LogP contribution is -2.39. The van der Waals surface area contributed by atoms with E-state index in [0.717, 1.165) is 58.2 Å². The van der Waals surface area contributed by atoms with E-state index in [1.54, 1.807) is 32.9 Å². The van der Waals surface area contributed by atoms with E-state index in [0.29, 0.717) is 18.4 Å². The van der Waals surface area contributed by atoms with Crippen LogP contribution >= 0.6 is 7.37 Å². The molecule has 0 aliphatic heterocycles. The van der Waals surface area contributed by atoms with Gasteiger partial charge in [-0.3, -0.25) is 13.9 Å². The molecule has 0 radical (unpaired) electrons. The molecule has 1 atom stereocenters.